The number of amides is 2. The molecule has 0 bridgehead atoms. The number of nitrogens with zero attached hydrogens (tertiary/aromatic N) is 3. The fraction of sp³-hybridized carbons (Fsp3) is 0.364. The van der Waals surface area contributed by atoms with Gasteiger partial charge in [0.1, 0.15) is 5.82 Å². The summed E-state index contributed by atoms with van der Waals surface area (Å²) in [5.41, 5.74) is 0.476. The zero-order valence-electron chi connectivity index (χ0n) is 18.1. The quantitative estimate of drug-likeness (QED) is 0.657. The van der Waals surface area contributed by atoms with Crippen LogP contribution in [0.15, 0.2) is 47.4 Å². The second-order valence-corrected chi connectivity index (χ2v) is 10.3. The van der Waals surface area contributed by atoms with E-state index in [2.05, 4.69) is 0 Å². The lowest BCUT2D eigenvalue weighted by Crippen LogP contribution is -2.50. The highest BCUT2D eigenvalue weighted by atomic mass is 35.5. The SMILES string of the molecule is CC(C)N(C)S(=O)(=O)c1cccc(C(=O)N2CCN(C(=O)c3ccc(F)cc3Cl)CC2)c1. The minimum atomic E-state index is -3.71. The molecule has 0 atom stereocenters. The van der Waals surface area contributed by atoms with Crippen LogP contribution < -0.4 is 0 Å². The number of hydrogen-bond acceptors (Lipinski definition) is 4. The summed E-state index contributed by atoms with van der Waals surface area (Å²) >= 11 is 5.99. The Bertz CT molecular complexity index is 1130. The highest BCUT2D eigenvalue weighted by molar-refractivity contribution is 7.89. The smallest absolute Gasteiger partial charge is 0.255 e. The molecule has 0 spiro atoms. The number of sulfonamides is 1. The van der Waals surface area contributed by atoms with Crippen LogP contribution >= 0.6 is 11.6 Å². The fourth-order valence-electron chi connectivity index (χ4n) is 3.36. The molecule has 0 aromatic heterocycles. The van der Waals surface area contributed by atoms with Gasteiger partial charge in [-0.3, -0.25) is 9.59 Å². The molecular formula is C22H25ClFN3O4S. The van der Waals surface area contributed by atoms with Gasteiger partial charge in [-0.15, -0.1) is 0 Å². The summed E-state index contributed by atoms with van der Waals surface area (Å²) in [4.78, 5) is 28.9. The van der Waals surface area contributed by atoms with E-state index in [1.807, 2.05) is 0 Å². The van der Waals surface area contributed by atoms with Gasteiger partial charge in [0, 0.05) is 44.8 Å². The molecule has 7 nitrogen and oxygen atoms in total. The number of rotatable bonds is 5. The third-order valence-electron chi connectivity index (χ3n) is 5.50. The standard InChI is InChI=1S/C22H25ClFN3O4S/c1-15(2)25(3)32(30,31)18-6-4-5-16(13-18)21(28)26-9-11-27(12-10-26)22(29)19-8-7-17(24)14-20(19)23/h4-8,13-15H,9-12H2,1-3H3. The van der Waals surface area contributed by atoms with Crippen LogP contribution in [0.4, 0.5) is 4.39 Å². The van der Waals surface area contributed by atoms with E-state index in [9.17, 15) is 22.4 Å². The van der Waals surface area contributed by atoms with Gasteiger partial charge in [-0.2, -0.15) is 4.31 Å². The van der Waals surface area contributed by atoms with Gasteiger partial charge in [0.2, 0.25) is 10.0 Å². The van der Waals surface area contributed by atoms with Gasteiger partial charge in [0.25, 0.3) is 11.8 Å². The third-order valence-corrected chi connectivity index (χ3v) is 7.84. The largest absolute Gasteiger partial charge is 0.335 e. The van der Waals surface area contributed by atoms with Crippen molar-refractivity contribution in [1.29, 1.82) is 0 Å². The molecule has 10 heteroatoms. The number of halogens is 2. The molecule has 0 saturated carbocycles. The average molecular weight is 482 g/mol. The van der Waals surface area contributed by atoms with E-state index in [4.69, 9.17) is 11.6 Å². The van der Waals surface area contributed by atoms with Crippen LogP contribution in [0.5, 0.6) is 0 Å². The van der Waals surface area contributed by atoms with Crippen molar-refractivity contribution >= 4 is 33.4 Å². The Morgan fingerprint density at radius 1 is 1.00 bits per heavy atom. The number of piperazine rings is 1. The van der Waals surface area contributed by atoms with E-state index >= 15 is 0 Å². The first-order valence-electron chi connectivity index (χ1n) is 10.1. The van der Waals surface area contributed by atoms with Gasteiger partial charge < -0.3 is 9.80 Å². The molecule has 1 saturated heterocycles. The molecule has 172 valence electrons. The molecule has 2 amide bonds. The van der Waals surface area contributed by atoms with E-state index in [-0.39, 0.29) is 65.1 Å². The van der Waals surface area contributed by atoms with Crippen LogP contribution in [0.3, 0.4) is 0 Å². The highest BCUT2D eigenvalue weighted by Gasteiger charge is 2.28. The van der Waals surface area contributed by atoms with Gasteiger partial charge >= 0.3 is 0 Å². The minimum absolute atomic E-state index is 0.0397. The van der Waals surface area contributed by atoms with Gasteiger partial charge in [0.05, 0.1) is 15.5 Å². The predicted molar refractivity (Wildman–Crippen MR) is 120 cm³/mol. The Morgan fingerprint density at radius 2 is 1.59 bits per heavy atom. The third kappa shape index (κ3) is 4.95. The normalized spacial score (nSPS) is 14.8. The molecule has 2 aromatic rings. The molecule has 32 heavy (non-hydrogen) atoms. The van der Waals surface area contributed by atoms with Gasteiger partial charge in [-0.25, -0.2) is 12.8 Å². The van der Waals surface area contributed by atoms with Crippen molar-refractivity contribution in [2.24, 2.45) is 0 Å². The Balaban J connectivity index is 1.70. The van der Waals surface area contributed by atoms with Crippen molar-refractivity contribution < 1.29 is 22.4 Å². The van der Waals surface area contributed by atoms with Gasteiger partial charge in [0.15, 0.2) is 0 Å². The van der Waals surface area contributed by atoms with Crippen molar-refractivity contribution in [3.63, 3.8) is 0 Å². The second kappa shape index (κ2) is 9.56. The number of hydrogen-bond donors (Lipinski definition) is 0. The second-order valence-electron chi connectivity index (χ2n) is 7.85. The maximum atomic E-state index is 13.2. The summed E-state index contributed by atoms with van der Waals surface area (Å²) in [5, 5.41) is 0.0397. The van der Waals surface area contributed by atoms with Gasteiger partial charge in [-0.1, -0.05) is 17.7 Å². The van der Waals surface area contributed by atoms with Crippen molar-refractivity contribution in [1.82, 2.24) is 14.1 Å². The molecule has 3 rings (SSSR count). The molecule has 2 aromatic carbocycles. The van der Waals surface area contributed by atoms with Crippen LogP contribution in [0, 0.1) is 5.82 Å². The Hall–Kier alpha value is -2.49. The molecule has 1 heterocycles. The monoisotopic (exact) mass is 481 g/mol. The summed E-state index contributed by atoms with van der Waals surface area (Å²) in [6.45, 7) is 4.68. The lowest BCUT2D eigenvalue weighted by molar-refractivity contribution is 0.0535. The maximum Gasteiger partial charge on any atom is 0.255 e. The number of carbonyl (C=O) groups excluding carboxylic acids is 2. The first kappa shape index (κ1) is 24.2. The first-order valence-corrected chi connectivity index (χ1v) is 12.0. The molecule has 0 N–H and O–H groups in total. The summed E-state index contributed by atoms with van der Waals surface area (Å²) in [5.74, 6) is -1.15. The maximum absolute atomic E-state index is 13.2. The number of benzene rings is 2. The van der Waals surface area contributed by atoms with Crippen molar-refractivity contribution in [2.75, 3.05) is 33.2 Å². The summed E-state index contributed by atoms with van der Waals surface area (Å²) in [6, 6.07) is 9.36. The molecule has 1 fully saturated rings. The van der Waals surface area contributed by atoms with Crippen LogP contribution in [-0.4, -0.2) is 73.6 Å². The molecular weight excluding hydrogens is 457 g/mol. The van der Waals surface area contributed by atoms with E-state index < -0.39 is 15.8 Å². The van der Waals surface area contributed by atoms with Gasteiger partial charge in [-0.05, 0) is 50.2 Å². The van der Waals surface area contributed by atoms with Crippen molar-refractivity contribution in [3.05, 3.63) is 64.4 Å². The van der Waals surface area contributed by atoms with Crippen LogP contribution in [-0.2, 0) is 10.0 Å². The van der Waals surface area contributed by atoms with E-state index in [1.165, 1.54) is 35.6 Å². The molecule has 1 aliphatic rings. The van der Waals surface area contributed by atoms with Crippen LogP contribution in [0.2, 0.25) is 5.02 Å². The van der Waals surface area contributed by atoms with Crippen LogP contribution in [0.1, 0.15) is 34.6 Å². The summed E-state index contributed by atoms with van der Waals surface area (Å²) in [6.07, 6.45) is 0. The summed E-state index contributed by atoms with van der Waals surface area (Å²) in [7, 11) is -2.21. The van der Waals surface area contributed by atoms with Crippen LogP contribution in [0.25, 0.3) is 0 Å². The zero-order chi connectivity index (χ0) is 23.6. The zero-order valence-corrected chi connectivity index (χ0v) is 19.7. The Labute approximate surface area is 192 Å². The Kier molecular flexibility index (Phi) is 7.22. The molecule has 1 aliphatic heterocycles. The van der Waals surface area contributed by atoms with E-state index in [0.29, 0.717) is 0 Å². The molecule has 0 unspecified atom stereocenters. The molecule has 0 radical (unpaired) electrons. The van der Waals surface area contributed by atoms with E-state index in [1.54, 1.807) is 35.8 Å². The Morgan fingerprint density at radius 3 is 2.16 bits per heavy atom. The average Bonchev–Trinajstić information content (AvgIpc) is 2.77. The number of carbonyl (C=O) groups is 2. The molecule has 0 aliphatic carbocycles. The topological polar surface area (TPSA) is 78.0 Å². The fourth-order valence-corrected chi connectivity index (χ4v) is 5.02. The van der Waals surface area contributed by atoms with Crippen molar-refractivity contribution in [3.8, 4) is 0 Å². The van der Waals surface area contributed by atoms with Crippen molar-refractivity contribution in [2.45, 2.75) is 24.8 Å². The van der Waals surface area contributed by atoms with E-state index in [0.717, 1.165) is 6.07 Å². The lowest BCUT2D eigenvalue weighted by atomic mass is 10.1. The minimum Gasteiger partial charge on any atom is -0.335 e. The summed E-state index contributed by atoms with van der Waals surface area (Å²) < 4.78 is 40.0. The highest BCUT2D eigenvalue weighted by Crippen LogP contribution is 2.22. The first-order chi connectivity index (χ1) is 15.0. The predicted octanol–water partition coefficient (Wildman–Crippen LogP) is 3.11. The lowest BCUT2D eigenvalue weighted by Gasteiger charge is -2.35.